The van der Waals surface area contributed by atoms with E-state index in [0.717, 1.165) is 38.9 Å². The molecule has 112 valence electrons. The van der Waals surface area contributed by atoms with Crippen molar-refractivity contribution in [3.05, 3.63) is 0 Å². The molecule has 2 aliphatic rings. The molecule has 2 saturated heterocycles. The van der Waals surface area contributed by atoms with Crippen LogP contribution in [-0.4, -0.2) is 68.1 Å². The van der Waals surface area contributed by atoms with Gasteiger partial charge in [0.15, 0.2) is 0 Å². The van der Waals surface area contributed by atoms with Crippen LogP contribution in [-0.2, 0) is 10.2 Å². The summed E-state index contributed by atoms with van der Waals surface area (Å²) in [7, 11) is -3.44. The first-order chi connectivity index (χ1) is 9.13. The number of nitrogens with zero attached hydrogens (tertiary/aromatic N) is 2. The molecule has 2 N–H and O–H groups in total. The number of rotatable bonds is 6. The highest BCUT2D eigenvalue weighted by Gasteiger charge is 2.31. The van der Waals surface area contributed by atoms with E-state index in [1.807, 2.05) is 0 Å². The molecule has 0 aromatic heterocycles. The number of nitrogens with one attached hydrogen (secondary N) is 1. The van der Waals surface area contributed by atoms with E-state index in [-0.39, 0.29) is 12.6 Å². The summed E-state index contributed by atoms with van der Waals surface area (Å²) in [6.45, 7) is 3.81. The van der Waals surface area contributed by atoms with E-state index >= 15 is 0 Å². The van der Waals surface area contributed by atoms with E-state index in [2.05, 4.69) is 9.62 Å². The van der Waals surface area contributed by atoms with Gasteiger partial charge in [-0.3, -0.25) is 0 Å². The second kappa shape index (κ2) is 6.99. The Morgan fingerprint density at radius 2 is 1.79 bits per heavy atom. The van der Waals surface area contributed by atoms with Crippen LogP contribution in [0.1, 0.15) is 32.1 Å². The fourth-order valence-electron chi connectivity index (χ4n) is 2.89. The Morgan fingerprint density at radius 1 is 1.11 bits per heavy atom. The lowest BCUT2D eigenvalue weighted by atomic mass is 10.1. The largest absolute Gasteiger partial charge is 0.395 e. The van der Waals surface area contributed by atoms with E-state index < -0.39 is 10.2 Å². The predicted molar refractivity (Wildman–Crippen MR) is 74.0 cm³/mol. The first-order valence-electron chi connectivity index (χ1n) is 7.23. The third-order valence-electron chi connectivity index (χ3n) is 4.00. The zero-order chi connectivity index (χ0) is 13.7. The average molecular weight is 291 g/mol. The lowest BCUT2D eigenvalue weighted by molar-refractivity contribution is 0.153. The molecule has 0 aliphatic carbocycles. The molecule has 1 atom stereocenters. The van der Waals surface area contributed by atoms with Gasteiger partial charge in [0.1, 0.15) is 0 Å². The highest BCUT2D eigenvalue weighted by molar-refractivity contribution is 7.87. The van der Waals surface area contributed by atoms with Crippen LogP contribution in [0.3, 0.4) is 0 Å². The molecular formula is C12H25N3O3S. The Labute approximate surface area is 116 Å². The molecule has 0 amide bonds. The van der Waals surface area contributed by atoms with Gasteiger partial charge in [-0.15, -0.1) is 0 Å². The number of hydrogen-bond donors (Lipinski definition) is 2. The maximum absolute atomic E-state index is 12.2. The van der Waals surface area contributed by atoms with Crippen molar-refractivity contribution in [1.82, 2.24) is 13.9 Å². The van der Waals surface area contributed by atoms with Crippen LogP contribution in [0.5, 0.6) is 0 Å². The second-order valence-corrected chi connectivity index (χ2v) is 7.10. The smallest absolute Gasteiger partial charge is 0.279 e. The molecule has 0 spiro atoms. The number of hydrogen-bond acceptors (Lipinski definition) is 4. The van der Waals surface area contributed by atoms with Crippen LogP contribution in [0.25, 0.3) is 0 Å². The third-order valence-corrected chi connectivity index (χ3v) is 5.67. The van der Waals surface area contributed by atoms with E-state index in [0.29, 0.717) is 13.1 Å². The molecule has 2 heterocycles. The van der Waals surface area contributed by atoms with Crippen LogP contribution in [0.2, 0.25) is 0 Å². The Kier molecular flexibility index (Phi) is 5.58. The first-order valence-corrected chi connectivity index (χ1v) is 8.67. The minimum absolute atomic E-state index is 0.0902. The molecule has 0 aromatic carbocycles. The summed E-state index contributed by atoms with van der Waals surface area (Å²) in [6, 6.07) is -0.252. The maximum Gasteiger partial charge on any atom is 0.279 e. The summed E-state index contributed by atoms with van der Waals surface area (Å²) in [4.78, 5) is 2.28. The molecule has 2 fully saturated rings. The fraction of sp³-hybridized carbons (Fsp3) is 1.00. The highest BCUT2D eigenvalue weighted by atomic mass is 32.2. The maximum atomic E-state index is 12.2. The van der Waals surface area contributed by atoms with E-state index in [9.17, 15) is 13.5 Å². The van der Waals surface area contributed by atoms with Crippen molar-refractivity contribution >= 4 is 10.2 Å². The molecule has 6 nitrogen and oxygen atoms in total. The topological polar surface area (TPSA) is 72.9 Å². The second-order valence-electron chi connectivity index (χ2n) is 5.39. The van der Waals surface area contributed by atoms with Gasteiger partial charge in [-0.25, -0.2) is 4.72 Å². The van der Waals surface area contributed by atoms with Crippen molar-refractivity contribution in [2.75, 3.05) is 39.3 Å². The molecule has 0 bridgehead atoms. The molecule has 1 unspecified atom stereocenters. The number of piperidine rings is 1. The molecule has 7 heteroatoms. The van der Waals surface area contributed by atoms with Crippen molar-refractivity contribution in [3.63, 3.8) is 0 Å². The van der Waals surface area contributed by atoms with E-state index in [1.165, 1.54) is 17.1 Å². The lowest BCUT2D eigenvalue weighted by Crippen LogP contribution is -2.51. The SMILES string of the molecule is O=S(=O)(NCCN1CCCC1)N1CCCCC1CO. The van der Waals surface area contributed by atoms with Gasteiger partial charge in [-0.05, 0) is 38.8 Å². The zero-order valence-corrected chi connectivity index (χ0v) is 12.2. The van der Waals surface area contributed by atoms with Crippen molar-refractivity contribution in [3.8, 4) is 0 Å². The Hall–Kier alpha value is -0.210. The highest BCUT2D eigenvalue weighted by Crippen LogP contribution is 2.19. The van der Waals surface area contributed by atoms with Gasteiger partial charge in [0.05, 0.1) is 6.61 Å². The van der Waals surface area contributed by atoms with Crippen molar-refractivity contribution in [1.29, 1.82) is 0 Å². The molecular weight excluding hydrogens is 266 g/mol. The summed E-state index contributed by atoms with van der Waals surface area (Å²) < 4.78 is 28.5. The monoisotopic (exact) mass is 291 g/mol. The zero-order valence-electron chi connectivity index (χ0n) is 11.4. The van der Waals surface area contributed by atoms with Gasteiger partial charge in [-0.2, -0.15) is 12.7 Å². The fourth-order valence-corrected chi connectivity index (χ4v) is 4.34. The Bertz CT molecular complexity index is 368. The minimum Gasteiger partial charge on any atom is -0.395 e. The van der Waals surface area contributed by atoms with E-state index in [1.54, 1.807) is 0 Å². The van der Waals surface area contributed by atoms with Gasteiger partial charge >= 0.3 is 0 Å². The van der Waals surface area contributed by atoms with Crippen LogP contribution >= 0.6 is 0 Å². The summed E-state index contributed by atoms with van der Waals surface area (Å²) in [5.74, 6) is 0. The molecule has 0 radical (unpaired) electrons. The van der Waals surface area contributed by atoms with Crippen LogP contribution in [0.15, 0.2) is 0 Å². The number of likely N-dealkylation sites (tertiary alicyclic amines) is 1. The Morgan fingerprint density at radius 3 is 2.47 bits per heavy atom. The van der Waals surface area contributed by atoms with Gasteiger partial charge in [-0.1, -0.05) is 6.42 Å². The van der Waals surface area contributed by atoms with Gasteiger partial charge in [0.2, 0.25) is 0 Å². The standard InChI is InChI=1S/C12H25N3O3S/c16-11-12-5-1-2-9-15(12)19(17,18)13-6-10-14-7-3-4-8-14/h12-13,16H,1-11H2. The van der Waals surface area contributed by atoms with Crippen LogP contribution in [0, 0.1) is 0 Å². The summed E-state index contributed by atoms with van der Waals surface area (Å²) >= 11 is 0. The molecule has 0 saturated carbocycles. The number of aliphatic hydroxyl groups excluding tert-OH is 1. The van der Waals surface area contributed by atoms with Crippen LogP contribution < -0.4 is 4.72 Å². The third kappa shape index (κ3) is 4.13. The van der Waals surface area contributed by atoms with Crippen molar-refractivity contribution < 1.29 is 13.5 Å². The summed E-state index contributed by atoms with van der Waals surface area (Å²) in [6.07, 6.45) is 5.05. The molecule has 19 heavy (non-hydrogen) atoms. The summed E-state index contributed by atoms with van der Waals surface area (Å²) in [5, 5.41) is 9.28. The minimum atomic E-state index is -3.44. The van der Waals surface area contributed by atoms with Crippen molar-refractivity contribution in [2.45, 2.75) is 38.1 Å². The Balaban J connectivity index is 1.82. The predicted octanol–water partition coefficient (Wildman–Crippen LogP) is -0.237. The average Bonchev–Trinajstić information content (AvgIpc) is 2.91. The normalized spacial score (nSPS) is 26.9. The molecule has 2 aliphatic heterocycles. The summed E-state index contributed by atoms with van der Waals surface area (Å²) in [5.41, 5.74) is 0. The van der Waals surface area contributed by atoms with Crippen molar-refractivity contribution in [2.24, 2.45) is 0 Å². The molecule has 2 rings (SSSR count). The van der Waals surface area contributed by atoms with E-state index in [4.69, 9.17) is 0 Å². The lowest BCUT2D eigenvalue weighted by Gasteiger charge is -2.33. The van der Waals surface area contributed by atoms with Gasteiger partial charge < -0.3 is 10.0 Å². The quantitative estimate of drug-likeness (QED) is 0.709. The molecule has 0 aromatic rings. The number of aliphatic hydroxyl groups is 1. The van der Waals surface area contributed by atoms with Crippen LogP contribution in [0.4, 0.5) is 0 Å². The van der Waals surface area contributed by atoms with Gasteiger partial charge in [0.25, 0.3) is 10.2 Å². The van der Waals surface area contributed by atoms with Gasteiger partial charge in [0, 0.05) is 25.7 Å². The first kappa shape index (κ1) is 15.2.